The lowest BCUT2D eigenvalue weighted by molar-refractivity contribution is 0.251. The lowest BCUT2D eigenvalue weighted by Gasteiger charge is -2.24. The number of nitrogens with zero attached hydrogens (tertiary/aromatic N) is 1. The minimum atomic E-state index is 0.624. The van der Waals surface area contributed by atoms with E-state index in [-0.39, 0.29) is 0 Å². The monoisotopic (exact) mass is 330 g/mol. The smallest absolute Gasteiger partial charge is 0.0417 e. The molecule has 1 aromatic rings. The number of halogens is 2. The Morgan fingerprint density at radius 3 is 2.78 bits per heavy atom. The van der Waals surface area contributed by atoms with Crippen molar-refractivity contribution in [2.75, 3.05) is 19.6 Å². The predicted octanol–water partition coefficient (Wildman–Crippen LogP) is 3.68. The summed E-state index contributed by atoms with van der Waals surface area (Å²) in [6.07, 6.45) is 2.71. The normalized spacial score (nSPS) is 18.2. The van der Waals surface area contributed by atoms with Gasteiger partial charge in [-0.1, -0.05) is 33.6 Å². The summed E-state index contributed by atoms with van der Waals surface area (Å²) >= 11 is 9.48. The van der Waals surface area contributed by atoms with E-state index >= 15 is 0 Å². The Morgan fingerprint density at radius 1 is 1.39 bits per heavy atom. The fourth-order valence-corrected chi connectivity index (χ4v) is 3.22. The van der Waals surface area contributed by atoms with Crippen LogP contribution < -0.4 is 5.32 Å². The number of likely N-dealkylation sites (tertiary alicyclic amines) is 1. The van der Waals surface area contributed by atoms with Crippen LogP contribution in [0.25, 0.3) is 0 Å². The first-order valence-corrected chi connectivity index (χ1v) is 7.72. The highest BCUT2D eigenvalue weighted by molar-refractivity contribution is 9.10. The summed E-state index contributed by atoms with van der Waals surface area (Å²) in [6.45, 7) is 6.74. The van der Waals surface area contributed by atoms with Crippen molar-refractivity contribution in [3.05, 3.63) is 33.3 Å². The molecule has 0 radical (unpaired) electrons. The molecule has 1 aliphatic rings. The predicted molar refractivity (Wildman–Crippen MR) is 81.1 cm³/mol. The molecular weight excluding hydrogens is 312 g/mol. The highest BCUT2D eigenvalue weighted by atomic mass is 79.9. The molecule has 0 aromatic heterocycles. The Kier molecular flexibility index (Phi) is 5.49. The minimum Gasteiger partial charge on any atom is -0.311 e. The molecule has 1 fully saturated rings. The summed E-state index contributed by atoms with van der Waals surface area (Å²) in [5.41, 5.74) is 1.26. The molecule has 1 saturated heterocycles. The molecule has 2 rings (SSSR count). The van der Waals surface area contributed by atoms with Crippen LogP contribution in [0.4, 0.5) is 0 Å². The second kappa shape index (κ2) is 6.90. The van der Waals surface area contributed by atoms with E-state index in [4.69, 9.17) is 11.6 Å². The summed E-state index contributed by atoms with van der Waals surface area (Å²) in [5, 5.41) is 4.30. The van der Waals surface area contributed by atoms with Gasteiger partial charge in [0.25, 0.3) is 0 Å². The van der Waals surface area contributed by atoms with E-state index in [9.17, 15) is 0 Å². The first-order valence-electron chi connectivity index (χ1n) is 6.55. The van der Waals surface area contributed by atoms with Crippen molar-refractivity contribution in [1.82, 2.24) is 10.2 Å². The van der Waals surface area contributed by atoms with Gasteiger partial charge in [0.2, 0.25) is 0 Å². The Balaban J connectivity index is 1.77. The van der Waals surface area contributed by atoms with Crippen LogP contribution in [0.1, 0.15) is 25.3 Å². The second-order valence-electron chi connectivity index (χ2n) is 4.96. The Labute approximate surface area is 123 Å². The van der Waals surface area contributed by atoms with Gasteiger partial charge in [0.15, 0.2) is 0 Å². The fraction of sp³-hybridized carbons (Fsp3) is 0.571. The second-order valence-corrected chi connectivity index (χ2v) is 6.25. The molecule has 0 saturated carbocycles. The van der Waals surface area contributed by atoms with Crippen LogP contribution in [0.3, 0.4) is 0 Å². The SMILES string of the molecule is CC(CNCc1ccc(Cl)cc1Br)N1CCCC1. The largest absolute Gasteiger partial charge is 0.311 e. The van der Waals surface area contributed by atoms with Crippen LogP contribution in [0.5, 0.6) is 0 Å². The molecule has 4 heteroatoms. The Bertz CT molecular complexity index is 391. The molecule has 0 aliphatic carbocycles. The zero-order valence-electron chi connectivity index (χ0n) is 10.8. The van der Waals surface area contributed by atoms with Crippen LogP contribution in [0.2, 0.25) is 5.02 Å². The highest BCUT2D eigenvalue weighted by Crippen LogP contribution is 2.21. The zero-order valence-corrected chi connectivity index (χ0v) is 13.1. The highest BCUT2D eigenvalue weighted by Gasteiger charge is 2.17. The number of nitrogens with one attached hydrogen (secondary N) is 1. The molecule has 1 aliphatic heterocycles. The number of rotatable bonds is 5. The van der Waals surface area contributed by atoms with E-state index in [1.54, 1.807) is 0 Å². The third-order valence-corrected chi connectivity index (χ3v) is 4.51. The molecule has 1 N–H and O–H groups in total. The van der Waals surface area contributed by atoms with Gasteiger partial charge >= 0.3 is 0 Å². The maximum Gasteiger partial charge on any atom is 0.0417 e. The molecule has 0 amide bonds. The third kappa shape index (κ3) is 3.95. The summed E-state index contributed by atoms with van der Waals surface area (Å²) in [7, 11) is 0. The van der Waals surface area contributed by atoms with Crippen molar-refractivity contribution in [2.24, 2.45) is 0 Å². The molecule has 1 aromatic carbocycles. The van der Waals surface area contributed by atoms with Crippen LogP contribution in [0, 0.1) is 0 Å². The van der Waals surface area contributed by atoms with Gasteiger partial charge in [-0.2, -0.15) is 0 Å². The van der Waals surface area contributed by atoms with Gasteiger partial charge in [-0.15, -0.1) is 0 Å². The first kappa shape index (κ1) is 14.3. The van der Waals surface area contributed by atoms with Gasteiger partial charge in [-0.25, -0.2) is 0 Å². The lowest BCUT2D eigenvalue weighted by atomic mass is 10.2. The van der Waals surface area contributed by atoms with Gasteiger partial charge in [0.05, 0.1) is 0 Å². The van der Waals surface area contributed by atoms with Gasteiger partial charge in [0, 0.05) is 28.6 Å². The minimum absolute atomic E-state index is 0.624. The van der Waals surface area contributed by atoms with Crippen molar-refractivity contribution in [3.8, 4) is 0 Å². The molecule has 1 unspecified atom stereocenters. The van der Waals surface area contributed by atoms with Crippen molar-refractivity contribution >= 4 is 27.5 Å². The average Bonchev–Trinajstić information content (AvgIpc) is 2.85. The van der Waals surface area contributed by atoms with Crippen LogP contribution >= 0.6 is 27.5 Å². The van der Waals surface area contributed by atoms with E-state index in [1.807, 2.05) is 12.1 Å². The molecule has 0 spiro atoms. The maximum absolute atomic E-state index is 5.93. The summed E-state index contributed by atoms with van der Waals surface area (Å²) < 4.78 is 1.08. The fourth-order valence-electron chi connectivity index (χ4n) is 2.39. The van der Waals surface area contributed by atoms with Crippen molar-refractivity contribution in [3.63, 3.8) is 0 Å². The summed E-state index contributed by atoms with van der Waals surface area (Å²) in [6, 6.07) is 6.58. The van der Waals surface area contributed by atoms with E-state index in [2.05, 4.69) is 39.1 Å². The van der Waals surface area contributed by atoms with Crippen LogP contribution in [-0.2, 0) is 6.54 Å². The van der Waals surface area contributed by atoms with Gasteiger partial charge in [0.1, 0.15) is 0 Å². The van der Waals surface area contributed by atoms with Crippen molar-refractivity contribution in [2.45, 2.75) is 32.4 Å². The zero-order chi connectivity index (χ0) is 13.0. The van der Waals surface area contributed by atoms with Crippen LogP contribution in [-0.4, -0.2) is 30.6 Å². The lowest BCUT2D eigenvalue weighted by Crippen LogP contribution is -2.38. The van der Waals surface area contributed by atoms with Crippen molar-refractivity contribution < 1.29 is 0 Å². The summed E-state index contributed by atoms with van der Waals surface area (Å²) in [4.78, 5) is 2.56. The number of benzene rings is 1. The van der Waals surface area contributed by atoms with Crippen molar-refractivity contribution in [1.29, 1.82) is 0 Å². The molecule has 100 valence electrons. The number of hydrogen-bond donors (Lipinski definition) is 1. The summed E-state index contributed by atoms with van der Waals surface area (Å²) in [5.74, 6) is 0. The van der Waals surface area contributed by atoms with Gasteiger partial charge in [-0.3, -0.25) is 4.90 Å². The van der Waals surface area contributed by atoms with E-state index < -0.39 is 0 Å². The third-order valence-electron chi connectivity index (χ3n) is 3.53. The standard InChI is InChI=1S/C14H20BrClN2/c1-11(18-6-2-3-7-18)9-17-10-12-4-5-13(16)8-14(12)15/h4-5,8,11,17H,2-3,6-7,9-10H2,1H3. The van der Waals surface area contributed by atoms with E-state index in [0.29, 0.717) is 6.04 Å². The first-order chi connectivity index (χ1) is 8.66. The molecule has 2 nitrogen and oxygen atoms in total. The molecule has 1 heterocycles. The van der Waals surface area contributed by atoms with Gasteiger partial charge < -0.3 is 5.32 Å². The van der Waals surface area contributed by atoms with E-state index in [1.165, 1.54) is 31.5 Å². The van der Waals surface area contributed by atoms with Crippen LogP contribution in [0.15, 0.2) is 22.7 Å². The molecule has 18 heavy (non-hydrogen) atoms. The molecular formula is C14H20BrClN2. The Morgan fingerprint density at radius 2 is 2.11 bits per heavy atom. The maximum atomic E-state index is 5.93. The molecule has 0 bridgehead atoms. The Hall–Kier alpha value is -0.0900. The van der Waals surface area contributed by atoms with Gasteiger partial charge in [-0.05, 0) is 50.6 Å². The molecule has 1 atom stereocenters. The quantitative estimate of drug-likeness (QED) is 0.885. The topological polar surface area (TPSA) is 15.3 Å². The number of hydrogen-bond acceptors (Lipinski definition) is 2. The average molecular weight is 332 g/mol. The van der Waals surface area contributed by atoms with E-state index in [0.717, 1.165) is 22.6 Å².